The second-order valence-corrected chi connectivity index (χ2v) is 5.71. The fourth-order valence-electron chi connectivity index (χ4n) is 1.41. The maximum atomic E-state index is 12.1. The van der Waals surface area contributed by atoms with Crippen LogP contribution in [0.5, 0.6) is 0 Å². The first kappa shape index (κ1) is 12.7. The van der Waals surface area contributed by atoms with Crippen LogP contribution in [0.25, 0.3) is 0 Å². The van der Waals surface area contributed by atoms with Gasteiger partial charge in [-0.2, -0.15) is 5.10 Å². The molecule has 0 saturated heterocycles. The number of nitrogens with one attached hydrogen (secondary N) is 1. The summed E-state index contributed by atoms with van der Waals surface area (Å²) < 4.78 is 28.1. The lowest BCUT2D eigenvalue weighted by Crippen LogP contribution is -2.16. The van der Waals surface area contributed by atoms with Crippen molar-refractivity contribution in [1.29, 1.82) is 0 Å². The van der Waals surface area contributed by atoms with E-state index in [2.05, 4.69) is 9.82 Å². The van der Waals surface area contributed by atoms with Crippen LogP contribution in [0, 0.1) is 0 Å². The van der Waals surface area contributed by atoms with Crippen molar-refractivity contribution in [2.24, 2.45) is 7.05 Å². The van der Waals surface area contributed by atoms with Crippen molar-refractivity contribution >= 4 is 33.1 Å². The van der Waals surface area contributed by atoms with E-state index in [1.807, 2.05) is 0 Å². The highest BCUT2D eigenvalue weighted by atomic mass is 35.5. The number of nitrogen functional groups attached to an aromatic ring is 1. The quantitative estimate of drug-likeness (QED) is 0.836. The summed E-state index contributed by atoms with van der Waals surface area (Å²) in [5, 5.41) is 4.17. The summed E-state index contributed by atoms with van der Waals surface area (Å²) in [6.45, 7) is 0. The molecule has 0 aliphatic rings. The number of nitrogens with zero attached hydrogens (tertiary/aromatic N) is 2. The van der Waals surface area contributed by atoms with E-state index in [9.17, 15) is 8.42 Å². The van der Waals surface area contributed by atoms with Gasteiger partial charge in [0.25, 0.3) is 10.0 Å². The van der Waals surface area contributed by atoms with Crippen LogP contribution in [-0.4, -0.2) is 18.2 Å². The van der Waals surface area contributed by atoms with Crippen LogP contribution in [0.15, 0.2) is 35.4 Å². The standard InChI is InChI=1S/C10H11ClN4O2S/c1-15-10(4-5-13-15)14-18(16,17)9-6-7(11)2-3-8(9)12/h2-6,14H,12H2,1H3. The molecule has 1 aromatic heterocycles. The second kappa shape index (κ2) is 4.51. The van der Waals surface area contributed by atoms with Crippen LogP contribution in [0.4, 0.5) is 11.5 Å². The highest BCUT2D eigenvalue weighted by Crippen LogP contribution is 2.24. The molecule has 0 radical (unpaired) electrons. The molecule has 96 valence electrons. The van der Waals surface area contributed by atoms with Gasteiger partial charge in [0.05, 0.1) is 11.9 Å². The van der Waals surface area contributed by atoms with E-state index in [1.165, 1.54) is 35.1 Å². The van der Waals surface area contributed by atoms with Gasteiger partial charge in [0.2, 0.25) is 0 Å². The Kier molecular flexibility index (Phi) is 3.18. The summed E-state index contributed by atoms with van der Waals surface area (Å²) in [6, 6.07) is 5.81. The molecular weight excluding hydrogens is 276 g/mol. The lowest BCUT2D eigenvalue weighted by Gasteiger charge is -2.10. The Morgan fingerprint density at radius 1 is 1.39 bits per heavy atom. The van der Waals surface area contributed by atoms with Crippen LogP contribution in [0.1, 0.15) is 0 Å². The van der Waals surface area contributed by atoms with Gasteiger partial charge in [0.1, 0.15) is 10.7 Å². The van der Waals surface area contributed by atoms with E-state index in [0.29, 0.717) is 10.8 Å². The number of benzene rings is 1. The lowest BCUT2D eigenvalue weighted by molar-refractivity contribution is 0.600. The summed E-state index contributed by atoms with van der Waals surface area (Å²) in [5.41, 5.74) is 5.78. The fourth-order valence-corrected chi connectivity index (χ4v) is 2.89. The predicted octanol–water partition coefficient (Wildman–Crippen LogP) is 1.46. The smallest absolute Gasteiger partial charge is 0.265 e. The number of halogens is 1. The van der Waals surface area contributed by atoms with Gasteiger partial charge in [-0.05, 0) is 18.2 Å². The number of hydrogen-bond acceptors (Lipinski definition) is 4. The fraction of sp³-hybridized carbons (Fsp3) is 0.100. The number of aromatic nitrogens is 2. The zero-order valence-electron chi connectivity index (χ0n) is 9.46. The Morgan fingerprint density at radius 3 is 2.72 bits per heavy atom. The molecule has 2 aromatic rings. The third-order valence-electron chi connectivity index (χ3n) is 2.32. The van der Waals surface area contributed by atoms with Crippen LogP contribution in [0.3, 0.4) is 0 Å². The molecule has 0 aliphatic heterocycles. The number of nitrogens with two attached hydrogens (primary N) is 1. The monoisotopic (exact) mass is 286 g/mol. The molecule has 0 spiro atoms. The number of rotatable bonds is 3. The SMILES string of the molecule is Cn1nccc1NS(=O)(=O)c1cc(Cl)ccc1N. The number of aryl methyl sites for hydroxylation is 1. The molecule has 0 fully saturated rings. The van der Waals surface area contributed by atoms with Gasteiger partial charge < -0.3 is 5.73 Å². The molecule has 0 unspecified atom stereocenters. The molecule has 1 heterocycles. The molecule has 0 bridgehead atoms. The van der Waals surface area contributed by atoms with Crippen LogP contribution < -0.4 is 10.5 Å². The van der Waals surface area contributed by atoms with Crippen molar-refractivity contribution in [1.82, 2.24) is 9.78 Å². The molecule has 3 N–H and O–H groups in total. The van der Waals surface area contributed by atoms with Crippen LogP contribution in [0.2, 0.25) is 5.02 Å². The Morgan fingerprint density at radius 2 is 2.11 bits per heavy atom. The summed E-state index contributed by atoms with van der Waals surface area (Å²) in [5.74, 6) is 0.342. The van der Waals surface area contributed by atoms with E-state index >= 15 is 0 Å². The average Bonchev–Trinajstić information content (AvgIpc) is 2.67. The van der Waals surface area contributed by atoms with Crippen molar-refractivity contribution in [3.63, 3.8) is 0 Å². The maximum Gasteiger partial charge on any atom is 0.265 e. The van der Waals surface area contributed by atoms with Crippen molar-refractivity contribution in [3.05, 3.63) is 35.5 Å². The van der Waals surface area contributed by atoms with E-state index in [0.717, 1.165) is 0 Å². The third kappa shape index (κ3) is 2.41. The van der Waals surface area contributed by atoms with Gasteiger partial charge >= 0.3 is 0 Å². The van der Waals surface area contributed by atoms with E-state index < -0.39 is 10.0 Å². The normalized spacial score (nSPS) is 11.4. The number of sulfonamides is 1. The zero-order valence-corrected chi connectivity index (χ0v) is 11.0. The predicted molar refractivity (Wildman–Crippen MR) is 69.9 cm³/mol. The Balaban J connectivity index is 2.43. The summed E-state index contributed by atoms with van der Waals surface area (Å²) in [4.78, 5) is -0.0591. The molecule has 1 aromatic carbocycles. The molecule has 2 rings (SSSR count). The van der Waals surface area contributed by atoms with E-state index in [4.69, 9.17) is 17.3 Å². The van der Waals surface area contributed by atoms with E-state index in [-0.39, 0.29) is 10.6 Å². The summed E-state index contributed by atoms with van der Waals surface area (Å²) >= 11 is 5.77. The highest BCUT2D eigenvalue weighted by Gasteiger charge is 2.19. The first-order valence-electron chi connectivity index (χ1n) is 4.96. The first-order valence-corrected chi connectivity index (χ1v) is 6.82. The molecule has 0 saturated carbocycles. The van der Waals surface area contributed by atoms with E-state index in [1.54, 1.807) is 7.05 Å². The lowest BCUT2D eigenvalue weighted by atomic mass is 10.3. The minimum atomic E-state index is -3.78. The van der Waals surface area contributed by atoms with Gasteiger partial charge in [-0.3, -0.25) is 9.40 Å². The van der Waals surface area contributed by atoms with Crippen LogP contribution in [-0.2, 0) is 17.1 Å². The third-order valence-corrected chi connectivity index (χ3v) is 3.97. The van der Waals surface area contributed by atoms with Crippen LogP contribution >= 0.6 is 11.6 Å². The summed E-state index contributed by atoms with van der Waals surface area (Å²) in [7, 11) is -2.16. The molecule has 8 heteroatoms. The van der Waals surface area contributed by atoms with Crippen molar-refractivity contribution in [2.75, 3.05) is 10.5 Å². The minimum absolute atomic E-state index is 0.0591. The zero-order chi connectivity index (χ0) is 13.3. The molecule has 0 aliphatic carbocycles. The van der Waals surface area contributed by atoms with Crippen molar-refractivity contribution in [3.8, 4) is 0 Å². The Bertz CT molecular complexity index is 681. The Hall–Kier alpha value is -1.73. The largest absolute Gasteiger partial charge is 0.398 e. The number of anilines is 2. The van der Waals surface area contributed by atoms with Crippen molar-refractivity contribution < 1.29 is 8.42 Å². The summed E-state index contributed by atoms with van der Waals surface area (Å²) in [6.07, 6.45) is 1.49. The maximum absolute atomic E-state index is 12.1. The van der Waals surface area contributed by atoms with Gasteiger partial charge in [0.15, 0.2) is 0 Å². The van der Waals surface area contributed by atoms with Gasteiger partial charge in [-0.1, -0.05) is 11.6 Å². The minimum Gasteiger partial charge on any atom is -0.398 e. The highest BCUT2D eigenvalue weighted by molar-refractivity contribution is 7.92. The van der Waals surface area contributed by atoms with Gasteiger partial charge in [-0.15, -0.1) is 0 Å². The molecule has 0 amide bonds. The Labute approximate surface area is 109 Å². The topological polar surface area (TPSA) is 90.0 Å². The van der Waals surface area contributed by atoms with Crippen molar-refractivity contribution in [2.45, 2.75) is 4.90 Å². The molecule has 0 atom stereocenters. The second-order valence-electron chi connectivity index (χ2n) is 3.63. The first-order chi connectivity index (χ1) is 8.40. The average molecular weight is 287 g/mol. The molecular formula is C10H11ClN4O2S. The molecule has 6 nitrogen and oxygen atoms in total. The van der Waals surface area contributed by atoms with Gasteiger partial charge in [-0.25, -0.2) is 8.42 Å². The van der Waals surface area contributed by atoms with Gasteiger partial charge in [0, 0.05) is 18.1 Å². The number of hydrogen-bond donors (Lipinski definition) is 2. The molecule has 18 heavy (non-hydrogen) atoms.